The van der Waals surface area contributed by atoms with Crippen LogP contribution in [-0.4, -0.2) is 34.5 Å². The molecule has 26 heavy (non-hydrogen) atoms. The Kier molecular flexibility index (Phi) is 7.05. The Morgan fingerprint density at radius 3 is 2.54 bits per heavy atom. The molecule has 0 heterocycles. The van der Waals surface area contributed by atoms with Gasteiger partial charge < -0.3 is 24.8 Å². The molecule has 0 fully saturated rings. The normalized spacial score (nSPS) is 13.3. The molecule has 3 N–H and O–H groups in total. The largest absolute Gasteiger partial charge is 0.504 e. The van der Waals surface area contributed by atoms with E-state index in [0.717, 1.165) is 6.08 Å². The van der Waals surface area contributed by atoms with Crippen LogP contribution in [0.5, 0.6) is 17.2 Å². The molecule has 0 unspecified atom stereocenters. The predicted molar refractivity (Wildman–Crippen MR) is 96.5 cm³/mol. The van der Waals surface area contributed by atoms with Crippen molar-refractivity contribution < 1.29 is 29.6 Å². The molecular formula is C20H22O6. The quantitative estimate of drug-likeness (QED) is 0.595. The van der Waals surface area contributed by atoms with Gasteiger partial charge in [0.1, 0.15) is 18.0 Å². The molecule has 0 aromatic heterocycles. The third-order valence-corrected chi connectivity index (χ3v) is 3.81. The lowest BCUT2D eigenvalue weighted by molar-refractivity contribution is -0.131. The number of hydrogen-bond acceptors (Lipinski definition) is 5. The highest BCUT2D eigenvalue weighted by atomic mass is 16.5. The van der Waals surface area contributed by atoms with Gasteiger partial charge in [-0.3, -0.25) is 0 Å². The Bertz CT molecular complexity index is 741. The van der Waals surface area contributed by atoms with Crippen LogP contribution in [-0.2, 0) is 4.79 Å². The average Bonchev–Trinajstić information content (AvgIpc) is 2.64. The number of carboxylic acids is 1. The Morgan fingerprint density at radius 2 is 1.92 bits per heavy atom. The topological polar surface area (TPSA) is 96.2 Å². The monoisotopic (exact) mass is 358 g/mol. The predicted octanol–water partition coefficient (Wildman–Crippen LogP) is 3.30. The molecule has 2 aromatic rings. The first-order valence-corrected chi connectivity index (χ1v) is 8.17. The Morgan fingerprint density at radius 1 is 1.19 bits per heavy atom. The third-order valence-electron chi connectivity index (χ3n) is 3.81. The fraction of sp³-hybridized carbons (Fsp3) is 0.250. The van der Waals surface area contributed by atoms with Crippen molar-refractivity contribution in [1.29, 1.82) is 0 Å². The highest BCUT2D eigenvalue weighted by molar-refractivity contribution is 5.79. The van der Waals surface area contributed by atoms with Crippen molar-refractivity contribution in [3.63, 3.8) is 0 Å². The van der Waals surface area contributed by atoms with Gasteiger partial charge in [-0.1, -0.05) is 30.3 Å². The standard InChI is InChI=1S/C20H22O6/c1-25-17-12-11-14(13-16(17)21)20(24)18(9-5-6-10-19(22)23)26-15-7-3-2-4-8-15/h2-4,6-8,10-13,18,20-21,24H,5,9H2,1H3,(H,22,23)/b10-6+/t18-,20-/m0/s1. The van der Waals surface area contributed by atoms with Gasteiger partial charge in [-0.25, -0.2) is 4.79 Å². The number of methoxy groups -OCH3 is 1. The number of aliphatic hydroxyl groups excluding tert-OH is 1. The van der Waals surface area contributed by atoms with Crippen molar-refractivity contribution in [2.45, 2.75) is 25.0 Å². The maximum Gasteiger partial charge on any atom is 0.327 e. The van der Waals surface area contributed by atoms with E-state index in [-0.39, 0.29) is 5.75 Å². The molecule has 0 spiro atoms. The van der Waals surface area contributed by atoms with Crippen molar-refractivity contribution in [1.82, 2.24) is 0 Å². The van der Waals surface area contributed by atoms with E-state index in [2.05, 4.69) is 0 Å². The molecule has 0 aliphatic rings. The summed E-state index contributed by atoms with van der Waals surface area (Å²) < 4.78 is 10.9. The van der Waals surface area contributed by atoms with Gasteiger partial charge in [0.2, 0.25) is 0 Å². The minimum Gasteiger partial charge on any atom is -0.504 e. The van der Waals surface area contributed by atoms with Crippen LogP contribution in [0.3, 0.4) is 0 Å². The highest BCUT2D eigenvalue weighted by Crippen LogP contribution is 2.32. The lowest BCUT2D eigenvalue weighted by Gasteiger charge is -2.24. The summed E-state index contributed by atoms with van der Waals surface area (Å²) in [4.78, 5) is 10.6. The zero-order chi connectivity index (χ0) is 18.9. The number of rotatable bonds is 9. The molecule has 2 aromatic carbocycles. The van der Waals surface area contributed by atoms with E-state index < -0.39 is 18.2 Å². The fourth-order valence-corrected chi connectivity index (χ4v) is 2.51. The maximum atomic E-state index is 10.7. The maximum absolute atomic E-state index is 10.7. The average molecular weight is 358 g/mol. The van der Waals surface area contributed by atoms with Crippen molar-refractivity contribution in [3.8, 4) is 17.2 Å². The van der Waals surface area contributed by atoms with Crippen LogP contribution in [0.15, 0.2) is 60.7 Å². The zero-order valence-corrected chi connectivity index (χ0v) is 14.4. The van der Waals surface area contributed by atoms with Crippen LogP contribution in [0.2, 0.25) is 0 Å². The van der Waals surface area contributed by atoms with E-state index in [0.29, 0.717) is 29.9 Å². The number of benzene rings is 2. The van der Waals surface area contributed by atoms with E-state index in [4.69, 9.17) is 14.6 Å². The van der Waals surface area contributed by atoms with Gasteiger partial charge >= 0.3 is 5.97 Å². The number of phenolic OH excluding ortho intramolecular Hbond substituents is 1. The molecule has 2 rings (SSSR count). The summed E-state index contributed by atoms with van der Waals surface area (Å²) in [6, 6.07) is 13.7. The van der Waals surface area contributed by atoms with E-state index in [9.17, 15) is 15.0 Å². The summed E-state index contributed by atoms with van der Waals surface area (Å²) in [7, 11) is 1.45. The van der Waals surface area contributed by atoms with Crippen molar-refractivity contribution in [2.24, 2.45) is 0 Å². The number of aromatic hydroxyl groups is 1. The van der Waals surface area contributed by atoms with Crippen molar-refractivity contribution in [2.75, 3.05) is 7.11 Å². The van der Waals surface area contributed by atoms with E-state index in [1.165, 1.54) is 19.3 Å². The summed E-state index contributed by atoms with van der Waals surface area (Å²) in [5.74, 6) is -0.193. The molecule has 0 radical (unpaired) electrons. The molecule has 0 aliphatic carbocycles. The van der Waals surface area contributed by atoms with Gasteiger partial charge in [0, 0.05) is 6.08 Å². The number of phenols is 1. The first-order chi connectivity index (χ1) is 12.5. The molecule has 138 valence electrons. The van der Waals surface area contributed by atoms with Crippen molar-refractivity contribution in [3.05, 3.63) is 66.2 Å². The van der Waals surface area contributed by atoms with Crippen LogP contribution in [0, 0.1) is 0 Å². The van der Waals surface area contributed by atoms with Gasteiger partial charge in [0.05, 0.1) is 7.11 Å². The highest BCUT2D eigenvalue weighted by Gasteiger charge is 2.23. The summed E-state index contributed by atoms with van der Waals surface area (Å²) in [5.41, 5.74) is 0.478. The van der Waals surface area contributed by atoms with Crippen LogP contribution >= 0.6 is 0 Å². The number of ether oxygens (including phenoxy) is 2. The number of allylic oxidation sites excluding steroid dienone is 1. The van der Waals surface area contributed by atoms with E-state index >= 15 is 0 Å². The Hall–Kier alpha value is -2.99. The molecule has 0 aliphatic heterocycles. The van der Waals surface area contributed by atoms with E-state index in [1.807, 2.05) is 18.2 Å². The SMILES string of the molecule is COc1ccc([C@H](O)[C@H](CC/C=C/C(=O)O)Oc2ccccc2)cc1O. The van der Waals surface area contributed by atoms with E-state index in [1.54, 1.807) is 24.3 Å². The minimum atomic E-state index is -1.02. The summed E-state index contributed by atoms with van der Waals surface area (Å²) in [6.07, 6.45) is 1.76. The first-order valence-electron chi connectivity index (χ1n) is 8.17. The van der Waals surface area contributed by atoms with Gasteiger partial charge in [0.25, 0.3) is 0 Å². The molecule has 0 amide bonds. The molecule has 6 heteroatoms. The number of aliphatic hydroxyl groups is 1. The lowest BCUT2D eigenvalue weighted by atomic mass is 10.00. The molecule has 0 bridgehead atoms. The number of carbonyl (C=O) groups is 1. The van der Waals surface area contributed by atoms with Crippen LogP contribution in [0.1, 0.15) is 24.5 Å². The first kappa shape index (κ1) is 19.3. The Labute approximate surface area is 151 Å². The Balaban J connectivity index is 2.17. The van der Waals surface area contributed by atoms with Gasteiger partial charge in [-0.05, 0) is 42.7 Å². The zero-order valence-electron chi connectivity index (χ0n) is 14.4. The van der Waals surface area contributed by atoms with Gasteiger partial charge in [-0.15, -0.1) is 0 Å². The number of hydrogen-bond donors (Lipinski definition) is 3. The second-order valence-corrected chi connectivity index (χ2v) is 5.66. The minimum absolute atomic E-state index is 0.0757. The summed E-state index contributed by atoms with van der Waals surface area (Å²) in [6.45, 7) is 0. The van der Waals surface area contributed by atoms with Gasteiger partial charge in [0.15, 0.2) is 11.5 Å². The second-order valence-electron chi connectivity index (χ2n) is 5.66. The summed E-state index contributed by atoms with van der Waals surface area (Å²) in [5, 5.41) is 29.3. The molecule has 6 nitrogen and oxygen atoms in total. The fourth-order valence-electron chi connectivity index (χ4n) is 2.51. The van der Waals surface area contributed by atoms with Gasteiger partial charge in [-0.2, -0.15) is 0 Å². The van der Waals surface area contributed by atoms with Crippen LogP contribution in [0.4, 0.5) is 0 Å². The second kappa shape index (κ2) is 9.48. The van der Waals surface area contributed by atoms with Crippen LogP contribution in [0.25, 0.3) is 0 Å². The molecule has 0 saturated heterocycles. The number of carboxylic acid groups (broad SMARTS) is 1. The lowest BCUT2D eigenvalue weighted by Crippen LogP contribution is -2.25. The van der Waals surface area contributed by atoms with Crippen LogP contribution < -0.4 is 9.47 Å². The van der Waals surface area contributed by atoms with Crippen molar-refractivity contribution >= 4 is 5.97 Å². The molecule has 0 saturated carbocycles. The summed E-state index contributed by atoms with van der Waals surface area (Å²) >= 11 is 0. The third kappa shape index (κ3) is 5.53. The molecule has 2 atom stereocenters. The smallest absolute Gasteiger partial charge is 0.327 e. The number of aliphatic carboxylic acids is 1. The molecular weight excluding hydrogens is 336 g/mol. The number of para-hydroxylation sites is 1.